The first-order valence-electron chi connectivity index (χ1n) is 5.08. The Labute approximate surface area is 112 Å². The van der Waals surface area contributed by atoms with Crippen LogP contribution in [-0.4, -0.2) is 9.97 Å². The van der Waals surface area contributed by atoms with E-state index in [-0.39, 0.29) is 5.82 Å². The summed E-state index contributed by atoms with van der Waals surface area (Å²) in [4.78, 5) is 8.42. The van der Waals surface area contributed by atoms with Gasteiger partial charge in [-0.15, -0.1) is 0 Å². The fourth-order valence-corrected chi connectivity index (χ4v) is 2.13. The summed E-state index contributed by atoms with van der Waals surface area (Å²) in [7, 11) is 0. The Balaban J connectivity index is 2.55. The van der Waals surface area contributed by atoms with E-state index in [1.54, 1.807) is 12.1 Å². The smallest absolute Gasteiger partial charge is 0.161 e. The van der Waals surface area contributed by atoms with E-state index in [2.05, 4.69) is 25.9 Å². The predicted octanol–water partition coefficient (Wildman–Crippen LogP) is 4.26. The molecule has 2 aromatic rings. The fraction of sp³-hybridized carbons (Fsp3) is 0.167. The van der Waals surface area contributed by atoms with Gasteiger partial charge < -0.3 is 0 Å². The van der Waals surface area contributed by atoms with Crippen LogP contribution in [0.1, 0.15) is 12.6 Å². The minimum atomic E-state index is -0.337. The van der Waals surface area contributed by atoms with Gasteiger partial charge in [-0.1, -0.05) is 34.5 Å². The molecule has 0 fully saturated rings. The zero-order chi connectivity index (χ0) is 12.4. The molecule has 0 bridgehead atoms. The topological polar surface area (TPSA) is 25.8 Å². The van der Waals surface area contributed by atoms with Crippen LogP contribution in [0, 0.1) is 5.82 Å². The highest BCUT2D eigenvalue weighted by molar-refractivity contribution is 9.10. The zero-order valence-corrected chi connectivity index (χ0v) is 11.4. The molecule has 0 radical (unpaired) electrons. The van der Waals surface area contributed by atoms with Crippen LogP contribution in [0.25, 0.3) is 11.4 Å². The Morgan fingerprint density at radius 1 is 1.24 bits per heavy atom. The number of aryl methyl sites for hydroxylation is 1. The minimum absolute atomic E-state index is 0.337. The molecule has 0 saturated carbocycles. The van der Waals surface area contributed by atoms with Gasteiger partial charge in [0.1, 0.15) is 11.0 Å². The van der Waals surface area contributed by atoms with Crippen molar-refractivity contribution in [3.8, 4) is 11.4 Å². The lowest BCUT2D eigenvalue weighted by Gasteiger charge is -2.04. The van der Waals surface area contributed by atoms with Gasteiger partial charge in [0.2, 0.25) is 0 Å². The molecule has 0 saturated heterocycles. The molecule has 2 nitrogen and oxygen atoms in total. The molecule has 1 heterocycles. The van der Waals surface area contributed by atoms with E-state index >= 15 is 0 Å². The Morgan fingerprint density at radius 2 is 2.00 bits per heavy atom. The van der Waals surface area contributed by atoms with E-state index in [1.165, 1.54) is 12.1 Å². The summed E-state index contributed by atoms with van der Waals surface area (Å²) in [6.07, 6.45) is 0.756. The first-order valence-corrected chi connectivity index (χ1v) is 6.25. The van der Waals surface area contributed by atoms with Gasteiger partial charge in [0, 0.05) is 15.7 Å². The van der Waals surface area contributed by atoms with E-state index in [0.717, 1.165) is 12.1 Å². The number of aromatic nitrogens is 2. The van der Waals surface area contributed by atoms with Gasteiger partial charge in [0.15, 0.2) is 5.82 Å². The Hall–Kier alpha value is -1.00. The highest BCUT2D eigenvalue weighted by atomic mass is 79.9. The Bertz CT molecular complexity index is 540. The molecule has 17 heavy (non-hydrogen) atoms. The van der Waals surface area contributed by atoms with Crippen molar-refractivity contribution in [3.63, 3.8) is 0 Å². The molecular weight excluding hydrogens is 307 g/mol. The highest BCUT2D eigenvalue weighted by Gasteiger charge is 2.07. The maximum absolute atomic E-state index is 13.3. The molecule has 1 aromatic carbocycles. The summed E-state index contributed by atoms with van der Waals surface area (Å²) in [5, 5.41) is 0.368. The number of benzene rings is 1. The monoisotopic (exact) mass is 314 g/mol. The largest absolute Gasteiger partial charge is 0.233 e. The van der Waals surface area contributed by atoms with E-state index < -0.39 is 0 Å². The van der Waals surface area contributed by atoms with Crippen LogP contribution in [0.2, 0.25) is 5.15 Å². The molecule has 0 aliphatic rings. The minimum Gasteiger partial charge on any atom is -0.233 e. The average Bonchev–Trinajstić information content (AvgIpc) is 2.26. The predicted molar refractivity (Wildman–Crippen MR) is 69.5 cm³/mol. The van der Waals surface area contributed by atoms with Crippen molar-refractivity contribution < 1.29 is 4.39 Å². The SMILES string of the molecule is CCc1cc(Cl)nc(-c2cc(F)cc(Br)c2)n1. The Morgan fingerprint density at radius 3 is 2.65 bits per heavy atom. The number of hydrogen-bond acceptors (Lipinski definition) is 2. The van der Waals surface area contributed by atoms with Crippen molar-refractivity contribution in [2.24, 2.45) is 0 Å². The van der Waals surface area contributed by atoms with Crippen molar-refractivity contribution >= 4 is 27.5 Å². The van der Waals surface area contributed by atoms with Crippen LogP contribution in [0.4, 0.5) is 4.39 Å². The molecule has 2 rings (SSSR count). The second-order valence-corrected chi connectivity index (χ2v) is 4.82. The molecule has 0 amide bonds. The van der Waals surface area contributed by atoms with Crippen LogP contribution in [0.5, 0.6) is 0 Å². The standard InChI is InChI=1S/C12H9BrClFN2/c1-2-10-6-11(14)17-12(16-10)7-3-8(13)5-9(15)4-7/h3-6H,2H2,1H3. The van der Waals surface area contributed by atoms with Gasteiger partial charge in [-0.05, 0) is 30.7 Å². The first-order chi connectivity index (χ1) is 8.08. The molecular formula is C12H9BrClFN2. The van der Waals surface area contributed by atoms with Gasteiger partial charge in [0.25, 0.3) is 0 Å². The van der Waals surface area contributed by atoms with Gasteiger partial charge in [0.05, 0.1) is 0 Å². The van der Waals surface area contributed by atoms with E-state index in [0.29, 0.717) is 21.0 Å². The third kappa shape index (κ3) is 3.01. The van der Waals surface area contributed by atoms with Gasteiger partial charge in [-0.25, -0.2) is 14.4 Å². The lowest BCUT2D eigenvalue weighted by molar-refractivity contribution is 0.627. The number of rotatable bonds is 2. The maximum Gasteiger partial charge on any atom is 0.161 e. The van der Waals surface area contributed by atoms with Crippen LogP contribution >= 0.6 is 27.5 Å². The summed E-state index contributed by atoms with van der Waals surface area (Å²) < 4.78 is 13.9. The van der Waals surface area contributed by atoms with Crippen LogP contribution in [0.3, 0.4) is 0 Å². The molecule has 88 valence electrons. The third-order valence-electron chi connectivity index (χ3n) is 2.23. The van der Waals surface area contributed by atoms with Crippen LogP contribution in [-0.2, 0) is 6.42 Å². The van der Waals surface area contributed by atoms with Crippen LogP contribution < -0.4 is 0 Å². The van der Waals surface area contributed by atoms with Gasteiger partial charge >= 0.3 is 0 Å². The van der Waals surface area contributed by atoms with Crippen molar-refractivity contribution in [3.05, 3.63) is 45.4 Å². The quantitative estimate of drug-likeness (QED) is 0.774. The average molecular weight is 316 g/mol. The lowest BCUT2D eigenvalue weighted by Crippen LogP contribution is -1.95. The van der Waals surface area contributed by atoms with Crippen molar-refractivity contribution in [2.75, 3.05) is 0 Å². The van der Waals surface area contributed by atoms with Crippen molar-refractivity contribution in [1.29, 1.82) is 0 Å². The van der Waals surface area contributed by atoms with Gasteiger partial charge in [-0.3, -0.25) is 0 Å². The molecule has 0 atom stereocenters. The number of hydrogen-bond donors (Lipinski definition) is 0. The van der Waals surface area contributed by atoms with E-state index in [1.807, 2.05) is 6.92 Å². The third-order valence-corrected chi connectivity index (χ3v) is 2.88. The molecule has 0 aliphatic carbocycles. The fourth-order valence-electron chi connectivity index (χ4n) is 1.46. The van der Waals surface area contributed by atoms with Gasteiger partial charge in [-0.2, -0.15) is 0 Å². The van der Waals surface area contributed by atoms with E-state index in [4.69, 9.17) is 11.6 Å². The molecule has 0 spiro atoms. The summed E-state index contributed by atoms with van der Waals surface area (Å²) in [6.45, 7) is 1.98. The lowest BCUT2D eigenvalue weighted by atomic mass is 10.2. The van der Waals surface area contributed by atoms with Crippen LogP contribution in [0.15, 0.2) is 28.7 Å². The normalized spacial score (nSPS) is 10.6. The summed E-state index contributed by atoms with van der Waals surface area (Å²) in [5.74, 6) is 0.102. The highest BCUT2D eigenvalue weighted by Crippen LogP contribution is 2.23. The molecule has 0 unspecified atom stereocenters. The maximum atomic E-state index is 13.3. The first kappa shape index (κ1) is 12.5. The van der Waals surface area contributed by atoms with E-state index in [9.17, 15) is 4.39 Å². The molecule has 0 N–H and O–H groups in total. The Kier molecular flexibility index (Phi) is 3.74. The number of halogens is 3. The summed E-state index contributed by atoms with van der Waals surface area (Å²) in [6, 6.07) is 6.23. The summed E-state index contributed by atoms with van der Waals surface area (Å²) >= 11 is 9.14. The zero-order valence-electron chi connectivity index (χ0n) is 9.04. The molecule has 0 aliphatic heterocycles. The van der Waals surface area contributed by atoms with Crippen molar-refractivity contribution in [2.45, 2.75) is 13.3 Å². The van der Waals surface area contributed by atoms with Crippen molar-refractivity contribution in [1.82, 2.24) is 9.97 Å². The second kappa shape index (κ2) is 5.10. The second-order valence-electron chi connectivity index (χ2n) is 3.52. The number of nitrogens with zero attached hydrogens (tertiary/aromatic N) is 2. The summed E-state index contributed by atoms with van der Waals surface area (Å²) in [5.41, 5.74) is 1.44. The molecule has 5 heteroatoms. The molecule has 1 aromatic heterocycles.